The minimum atomic E-state index is -0.223. The third-order valence-corrected chi connectivity index (χ3v) is 7.57. The third-order valence-electron chi connectivity index (χ3n) is 7.57. The highest BCUT2D eigenvalue weighted by atomic mass is 16.5. The van der Waals surface area contributed by atoms with Crippen LogP contribution in [0, 0.1) is 0 Å². The molecule has 0 radical (unpaired) electrons. The Hall–Kier alpha value is -2.92. The Morgan fingerprint density at radius 2 is 1.79 bits per heavy atom. The fourth-order valence-corrected chi connectivity index (χ4v) is 5.98. The van der Waals surface area contributed by atoms with Gasteiger partial charge in [-0.3, -0.25) is 9.59 Å². The molecule has 33 heavy (non-hydrogen) atoms. The molecule has 2 aromatic rings. The predicted molar refractivity (Wildman–Crippen MR) is 127 cm³/mol. The van der Waals surface area contributed by atoms with Gasteiger partial charge in [0.05, 0.1) is 18.8 Å². The highest BCUT2D eigenvalue weighted by Crippen LogP contribution is 2.52. The zero-order chi connectivity index (χ0) is 22.8. The largest absolute Gasteiger partial charge is 0.370 e. The van der Waals surface area contributed by atoms with Gasteiger partial charge >= 0.3 is 0 Å². The number of benzene rings is 2. The Balaban J connectivity index is 1.44. The quantitative estimate of drug-likeness (QED) is 0.742. The maximum Gasteiger partial charge on any atom is 0.249 e. The smallest absolute Gasteiger partial charge is 0.249 e. The number of hydrogen-bond donors (Lipinski definition) is 1. The van der Waals surface area contributed by atoms with E-state index < -0.39 is 0 Å². The first-order valence-corrected chi connectivity index (χ1v) is 12.1. The standard InChI is InChI=1S/C28H32N2O3/c1-20(31)29-25-23-13-7-8-14-24(23)28(26(25)33-19-21-9-3-2-4-10-21)15-17-30(18-16-28)27(32)22-11-5-6-12-22/h2-4,7-11,13-14,25-26H,5-6,12,15-19H2,1H3,(H,29,31)/t25-,26+/m0/s1. The second kappa shape index (κ2) is 9.14. The predicted octanol–water partition coefficient (Wildman–Crippen LogP) is 4.43. The van der Waals surface area contributed by atoms with Gasteiger partial charge in [0.25, 0.3) is 0 Å². The number of carbonyl (C=O) groups excluding carboxylic acids is 2. The van der Waals surface area contributed by atoms with Crippen LogP contribution in [-0.4, -0.2) is 35.9 Å². The van der Waals surface area contributed by atoms with Crippen molar-refractivity contribution in [3.8, 4) is 0 Å². The van der Waals surface area contributed by atoms with Crippen LogP contribution >= 0.6 is 0 Å². The molecule has 0 unspecified atom stereocenters. The molecule has 2 aliphatic carbocycles. The van der Waals surface area contributed by atoms with Gasteiger partial charge in [0.2, 0.25) is 11.8 Å². The van der Waals surface area contributed by atoms with E-state index >= 15 is 0 Å². The van der Waals surface area contributed by atoms with E-state index in [1.54, 1.807) is 6.92 Å². The molecule has 3 aliphatic rings. The van der Waals surface area contributed by atoms with Crippen molar-refractivity contribution in [2.45, 2.75) is 63.2 Å². The Bertz CT molecular complexity index is 1050. The zero-order valence-corrected chi connectivity index (χ0v) is 19.3. The summed E-state index contributed by atoms with van der Waals surface area (Å²) in [5.41, 5.74) is 4.27. The van der Waals surface area contributed by atoms with Crippen molar-refractivity contribution in [3.63, 3.8) is 0 Å². The van der Waals surface area contributed by atoms with Crippen molar-refractivity contribution in [2.75, 3.05) is 13.1 Å². The first-order chi connectivity index (χ1) is 16.1. The number of fused-ring (bicyclic) bond motifs is 2. The van der Waals surface area contributed by atoms with Gasteiger partial charge in [0.15, 0.2) is 0 Å². The number of hydrogen-bond acceptors (Lipinski definition) is 3. The van der Waals surface area contributed by atoms with Gasteiger partial charge < -0.3 is 15.0 Å². The highest BCUT2D eigenvalue weighted by molar-refractivity contribution is 5.93. The van der Waals surface area contributed by atoms with E-state index in [1.807, 2.05) is 29.2 Å². The summed E-state index contributed by atoms with van der Waals surface area (Å²) in [5, 5.41) is 3.18. The molecule has 0 aromatic heterocycles. The van der Waals surface area contributed by atoms with Gasteiger partial charge in [-0.1, -0.05) is 60.7 Å². The monoisotopic (exact) mass is 444 g/mol. The minimum absolute atomic E-state index is 0.0547. The number of nitrogens with zero attached hydrogens (tertiary/aromatic N) is 1. The van der Waals surface area contributed by atoms with Gasteiger partial charge in [-0.15, -0.1) is 0 Å². The van der Waals surface area contributed by atoms with E-state index in [9.17, 15) is 9.59 Å². The molecule has 5 rings (SSSR count). The second-order valence-corrected chi connectivity index (χ2v) is 9.55. The van der Waals surface area contributed by atoms with Crippen LogP contribution in [0.2, 0.25) is 0 Å². The molecule has 2 amide bonds. The summed E-state index contributed by atoms with van der Waals surface area (Å²) in [7, 11) is 0. The van der Waals surface area contributed by atoms with Crippen molar-refractivity contribution < 1.29 is 14.3 Å². The topological polar surface area (TPSA) is 58.6 Å². The number of amides is 2. The van der Waals surface area contributed by atoms with Crippen molar-refractivity contribution in [3.05, 3.63) is 82.9 Å². The number of carbonyl (C=O) groups is 2. The lowest BCUT2D eigenvalue weighted by Crippen LogP contribution is -2.52. The summed E-state index contributed by atoms with van der Waals surface area (Å²) in [6, 6.07) is 18.4. The van der Waals surface area contributed by atoms with Crippen molar-refractivity contribution in [1.29, 1.82) is 0 Å². The Morgan fingerprint density at radius 1 is 1.06 bits per heavy atom. The second-order valence-electron chi connectivity index (χ2n) is 9.55. The van der Waals surface area contributed by atoms with Crippen molar-refractivity contribution in [2.24, 2.45) is 0 Å². The van der Waals surface area contributed by atoms with E-state index in [2.05, 4.69) is 41.7 Å². The van der Waals surface area contributed by atoms with Crippen molar-refractivity contribution in [1.82, 2.24) is 10.2 Å². The van der Waals surface area contributed by atoms with E-state index in [-0.39, 0.29) is 29.4 Å². The molecular formula is C28H32N2O3. The van der Waals surface area contributed by atoms with E-state index in [4.69, 9.17) is 4.74 Å². The van der Waals surface area contributed by atoms with E-state index in [1.165, 1.54) is 5.56 Å². The minimum Gasteiger partial charge on any atom is -0.370 e. The molecular weight excluding hydrogens is 412 g/mol. The Kier molecular flexibility index (Phi) is 6.07. The lowest BCUT2D eigenvalue weighted by Gasteiger charge is -2.44. The lowest BCUT2D eigenvalue weighted by atomic mass is 9.71. The summed E-state index contributed by atoms with van der Waals surface area (Å²) in [6.45, 7) is 3.48. The third kappa shape index (κ3) is 4.10. The number of piperidine rings is 1. The van der Waals surface area contributed by atoms with Crippen LogP contribution in [0.25, 0.3) is 0 Å². The molecule has 172 valence electrons. The van der Waals surface area contributed by atoms with Gasteiger partial charge in [-0.05, 0) is 48.8 Å². The first kappa shape index (κ1) is 21.9. The van der Waals surface area contributed by atoms with Gasteiger partial charge in [0.1, 0.15) is 0 Å². The average molecular weight is 445 g/mol. The molecule has 2 atom stereocenters. The lowest BCUT2D eigenvalue weighted by molar-refractivity contribution is -0.130. The van der Waals surface area contributed by atoms with E-state index in [0.29, 0.717) is 19.7 Å². The van der Waals surface area contributed by atoms with Crippen LogP contribution in [0.4, 0.5) is 0 Å². The fraction of sp³-hybridized carbons (Fsp3) is 0.429. The Labute approximate surface area is 195 Å². The number of rotatable bonds is 5. The summed E-state index contributed by atoms with van der Waals surface area (Å²) in [6.07, 6.45) is 6.59. The van der Waals surface area contributed by atoms with Crippen LogP contribution in [-0.2, 0) is 26.3 Å². The fourth-order valence-electron chi connectivity index (χ4n) is 5.98. The zero-order valence-electron chi connectivity index (χ0n) is 19.3. The van der Waals surface area contributed by atoms with Gasteiger partial charge in [-0.25, -0.2) is 0 Å². The molecule has 1 aliphatic heterocycles. The molecule has 0 bridgehead atoms. The summed E-state index contributed by atoms with van der Waals surface area (Å²) in [4.78, 5) is 27.2. The molecule has 2 aromatic carbocycles. The molecule has 0 saturated carbocycles. The number of ether oxygens (including phenoxy) is 1. The highest BCUT2D eigenvalue weighted by Gasteiger charge is 2.54. The molecule has 1 saturated heterocycles. The molecule has 5 nitrogen and oxygen atoms in total. The Morgan fingerprint density at radius 3 is 2.48 bits per heavy atom. The van der Waals surface area contributed by atoms with Crippen LogP contribution < -0.4 is 5.32 Å². The molecule has 1 fully saturated rings. The van der Waals surface area contributed by atoms with Gasteiger partial charge in [-0.2, -0.15) is 0 Å². The molecule has 5 heteroatoms. The molecule has 1 spiro atoms. The number of nitrogens with one attached hydrogen (secondary N) is 1. The van der Waals surface area contributed by atoms with Gasteiger partial charge in [0, 0.05) is 31.0 Å². The maximum atomic E-state index is 13.0. The summed E-state index contributed by atoms with van der Waals surface area (Å²) < 4.78 is 6.64. The van der Waals surface area contributed by atoms with E-state index in [0.717, 1.165) is 48.8 Å². The van der Waals surface area contributed by atoms with Crippen LogP contribution in [0.3, 0.4) is 0 Å². The first-order valence-electron chi connectivity index (χ1n) is 12.1. The normalized spacial score (nSPS) is 23.3. The number of allylic oxidation sites excluding steroid dienone is 1. The van der Waals surface area contributed by atoms with Crippen molar-refractivity contribution >= 4 is 11.8 Å². The molecule has 1 heterocycles. The van der Waals surface area contributed by atoms with Crippen LogP contribution in [0.5, 0.6) is 0 Å². The average Bonchev–Trinajstić information content (AvgIpc) is 3.46. The number of likely N-dealkylation sites (tertiary alicyclic amines) is 1. The SMILES string of the molecule is CC(=O)N[C@H]1c2ccccc2C2(CCN(C(=O)C3=CCCC3)CC2)[C@@H]1OCc1ccccc1. The van der Waals surface area contributed by atoms with Crippen LogP contribution in [0.1, 0.15) is 61.8 Å². The molecule has 1 N–H and O–H groups in total. The summed E-state index contributed by atoms with van der Waals surface area (Å²) >= 11 is 0. The summed E-state index contributed by atoms with van der Waals surface area (Å²) in [5.74, 6) is 0.148. The maximum absolute atomic E-state index is 13.0. The van der Waals surface area contributed by atoms with Crippen LogP contribution in [0.15, 0.2) is 66.2 Å².